The van der Waals surface area contributed by atoms with Crippen molar-refractivity contribution in [2.24, 2.45) is 0 Å². The van der Waals surface area contributed by atoms with Crippen molar-refractivity contribution in [3.8, 4) is 0 Å². The van der Waals surface area contributed by atoms with Gasteiger partial charge in [0.15, 0.2) is 11.6 Å². The maximum atomic E-state index is 5.11. The van der Waals surface area contributed by atoms with Crippen LogP contribution in [0.1, 0.15) is 62.7 Å². The fourth-order valence-corrected chi connectivity index (χ4v) is 3.13. The van der Waals surface area contributed by atoms with Gasteiger partial charge in [0.05, 0.1) is 12.6 Å². The van der Waals surface area contributed by atoms with Crippen molar-refractivity contribution in [1.82, 2.24) is 34.8 Å². The van der Waals surface area contributed by atoms with Crippen molar-refractivity contribution in [2.45, 2.75) is 58.3 Å². The topological polar surface area (TPSA) is 84.8 Å². The number of nitrogens with zero attached hydrogens (tertiary/aromatic N) is 6. The van der Waals surface area contributed by atoms with Crippen LogP contribution in [0, 0.1) is 0 Å². The minimum absolute atomic E-state index is 0.225. The van der Waals surface area contributed by atoms with Gasteiger partial charge >= 0.3 is 0 Å². The number of nitrogens with one attached hydrogen (secondary N) is 1. The molecule has 1 aliphatic heterocycles. The lowest BCUT2D eigenvalue weighted by atomic mass is 10.0. The van der Waals surface area contributed by atoms with Crippen molar-refractivity contribution in [2.75, 3.05) is 13.7 Å². The molecule has 1 N–H and O–H groups in total. The van der Waals surface area contributed by atoms with Crippen molar-refractivity contribution >= 4 is 0 Å². The molecule has 0 saturated carbocycles. The Balaban J connectivity index is 1.76. The Morgan fingerprint density at radius 2 is 2.26 bits per heavy atom. The normalized spacial score (nSPS) is 19.6. The highest BCUT2D eigenvalue weighted by Gasteiger charge is 2.28. The first kappa shape index (κ1) is 16.1. The molecular weight excluding hydrogens is 294 g/mol. The van der Waals surface area contributed by atoms with Crippen molar-refractivity contribution in [3.05, 3.63) is 23.8 Å². The molecule has 0 amide bonds. The number of hydrogen-bond acceptors (Lipinski definition) is 6. The number of piperidine rings is 1. The second kappa shape index (κ2) is 7.18. The molecule has 8 heteroatoms. The molecule has 3 rings (SSSR count). The quantitative estimate of drug-likeness (QED) is 0.874. The lowest BCUT2D eigenvalue weighted by Gasteiger charge is -2.33. The van der Waals surface area contributed by atoms with E-state index in [0.717, 1.165) is 37.0 Å². The van der Waals surface area contributed by atoms with Crippen molar-refractivity contribution in [3.63, 3.8) is 0 Å². The van der Waals surface area contributed by atoms with Crippen LogP contribution in [-0.2, 0) is 17.9 Å². The van der Waals surface area contributed by atoms with E-state index in [-0.39, 0.29) is 6.04 Å². The zero-order valence-corrected chi connectivity index (χ0v) is 14.1. The van der Waals surface area contributed by atoms with Gasteiger partial charge in [0.25, 0.3) is 0 Å². The van der Waals surface area contributed by atoms with E-state index < -0.39 is 0 Å². The molecule has 0 bridgehead atoms. The fourth-order valence-electron chi connectivity index (χ4n) is 3.13. The zero-order valence-electron chi connectivity index (χ0n) is 14.1. The number of ether oxygens (including phenoxy) is 1. The van der Waals surface area contributed by atoms with Crippen LogP contribution in [0.2, 0.25) is 0 Å². The average molecular weight is 319 g/mol. The number of rotatable bonds is 6. The molecular formula is C15H25N7O. The number of hydrogen-bond donors (Lipinski definition) is 1. The predicted molar refractivity (Wildman–Crippen MR) is 84.5 cm³/mol. The van der Waals surface area contributed by atoms with Crippen LogP contribution in [0.15, 0.2) is 6.33 Å². The van der Waals surface area contributed by atoms with Gasteiger partial charge in [-0.05, 0) is 33.2 Å². The van der Waals surface area contributed by atoms with Crippen molar-refractivity contribution < 1.29 is 4.74 Å². The van der Waals surface area contributed by atoms with Gasteiger partial charge in [-0.15, -0.1) is 0 Å². The molecule has 3 heterocycles. The maximum absolute atomic E-state index is 5.11. The number of likely N-dealkylation sites (tertiary alicyclic amines) is 1. The largest absolute Gasteiger partial charge is 0.377 e. The first-order valence-electron chi connectivity index (χ1n) is 8.21. The molecule has 1 unspecified atom stereocenters. The molecule has 8 nitrogen and oxygen atoms in total. The standard InChI is InChI=1S/C15H25N7O/c1-11(2)22-14(16-10-17-22)8-21-7-5-4-6-12(21)15-18-13(9-23-3)19-20-15/h10-12H,4-9H2,1-3H3,(H,18,19,20). The van der Waals surface area contributed by atoms with Gasteiger partial charge in [-0.1, -0.05) is 6.42 Å². The lowest BCUT2D eigenvalue weighted by molar-refractivity contribution is 0.127. The molecule has 2 aromatic rings. The summed E-state index contributed by atoms with van der Waals surface area (Å²) in [7, 11) is 1.66. The van der Waals surface area contributed by atoms with E-state index in [9.17, 15) is 0 Å². The number of methoxy groups -OCH3 is 1. The summed E-state index contributed by atoms with van der Waals surface area (Å²) in [5.41, 5.74) is 0. The molecule has 2 aromatic heterocycles. The Labute approximate surface area is 136 Å². The minimum atomic E-state index is 0.225. The number of aromatic amines is 1. The third-order valence-electron chi connectivity index (χ3n) is 4.22. The summed E-state index contributed by atoms with van der Waals surface area (Å²) in [5.74, 6) is 2.63. The molecule has 1 fully saturated rings. The molecule has 126 valence electrons. The van der Waals surface area contributed by atoms with E-state index in [4.69, 9.17) is 4.74 Å². The van der Waals surface area contributed by atoms with Crippen LogP contribution in [0.4, 0.5) is 0 Å². The van der Waals surface area contributed by atoms with Crippen LogP contribution in [-0.4, -0.2) is 48.5 Å². The highest BCUT2D eigenvalue weighted by molar-refractivity contribution is 5.00. The lowest BCUT2D eigenvalue weighted by Crippen LogP contribution is -2.34. The summed E-state index contributed by atoms with van der Waals surface area (Å²) in [4.78, 5) is 11.4. The zero-order chi connectivity index (χ0) is 16.2. The summed E-state index contributed by atoms with van der Waals surface area (Å²) in [6.07, 6.45) is 5.10. The third kappa shape index (κ3) is 3.59. The molecule has 0 radical (unpaired) electrons. The molecule has 0 aliphatic carbocycles. The summed E-state index contributed by atoms with van der Waals surface area (Å²) < 4.78 is 7.10. The fraction of sp³-hybridized carbons (Fsp3) is 0.733. The Hall–Kier alpha value is -1.80. The Bertz CT molecular complexity index is 621. The second-order valence-electron chi connectivity index (χ2n) is 6.27. The van der Waals surface area contributed by atoms with E-state index in [1.807, 2.05) is 4.68 Å². The molecule has 0 aromatic carbocycles. The van der Waals surface area contributed by atoms with E-state index in [1.165, 1.54) is 12.8 Å². The van der Waals surface area contributed by atoms with Gasteiger partial charge < -0.3 is 4.74 Å². The Morgan fingerprint density at radius 1 is 1.39 bits per heavy atom. The van der Waals surface area contributed by atoms with Crippen LogP contribution in [0.3, 0.4) is 0 Å². The third-order valence-corrected chi connectivity index (χ3v) is 4.22. The molecule has 1 aliphatic rings. The summed E-state index contributed by atoms with van der Waals surface area (Å²) in [6, 6.07) is 0.537. The van der Waals surface area contributed by atoms with Gasteiger partial charge in [-0.25, -0.2) is 14.6 Å². The smallest absolute Gasteiger partial charge is 0.167 e. The first-order chi connectivity index (χ1) is 11.2. The predicted octanol–water partition coefficient (Wildman–Crippen LogP) is 1.85. The Kier molecular flexibility index (Phi) is 5.02. The summed E-state index contributed by atoms with van der Waals surface area (Å²) in [6.45, 7) is 6.51. The average Bonchev–Trinajstić information content (AvgIpc) is 3.18. The monoisotopic (exact) mass is 319 g/mol. The molecule has 1 saturated heterocycles. The van der Waals surface area contributed by atoms with E-state index in [0.29, 0.717) is 12.6 Å². The van der Waals surface area contributed by atoms with E-state index in [2.05, 4.69) is 44.0 Å². The van der Waals surface area contributed by atoms with Gasteiger partial charge in [0.1, 0.15) is 18.8 Å². The SMILES string of the molecule is COCc1nc(C2CCCCN2Cc2ncnn2C(C)C)n[nH]1. The van der Waals surface area contributed by atoms with Gasteiger partial charge in [-0.3, -0.25) is 10.00 Å². The highest BCUT2D eigenvalue weighted by Crippen LogP contribution is 2.30. The first-order valence-corrected chi connectivity index (χ1v) is 8.21. The molecule has 23 heavy (non-hydrogen) atoms. The maximum Gasteiger partial charge on any atom is 0.167 e. The summed E-state index contributed by atoms with van der Waals surface area (Å²) in [5, 5.41) is 11.7. The van der Waals surface area contributed by atoms with E-state index in [1.54, 1.807) is 13.4 Å². The highest BCUT2D eigenvalue weighted by atomic mass is 16.5. The van der Waals surface area contributed by atoms with Gasteiger partial charge in [0.2, 0.25) is 0 Å². The van der Waals surface area contributed by atoms with E-state index >= 15 is 0 Å². The summed E-state index contributed by atoms with van der Waals surface area (Å²) >= 11 is 0. The van der Waals surface area contributed by atoms with Crippen LogP contribution in [0.25, 0.3) is 0 Å². The molecule has 0 spiro atoms. The van der Waals surface area contributed by atoms with Gasteiger partial charge in [-0.2, -0.15) is 10.2 Å². The molecule has 1 atom stereocenters. The van der Waals surface area contributed by atoms with Gasteiger partial charge in [0, 0.05) is 13.2 Å². The minimum Gasteiger partial charge on any atom is -0.377 e. The Morgan fingerprint density at radius 3 is 3.04 bits per heavy atom. The van der Waals surface area contributed by atoms with Crippen LogP contribution < -0.4 is 0 Å². The second-order valence-corrected chi connectivity index (χ2v) is 6.27. The number of H-pyrrole nitrogens is 1. The van der Waals surface area contributed by atoms with Crippen LogP contribution in [0.5, 0.6) is 0 Å². The van der Waals surface area contributed by atoms with Crippen LogP contribution >= 0.6 is 0 Å². The number of aromatic nitrogens is 6. The van der Waals surface area contributed by atoms with Crippen molar-refractivity contribution in [1.29, 1.82) is 0 Å².